The third-order valence-corrected chi connectivity index (χ3v) is 3.08. The standard InChI is InChI=1S/C13H17N3O2/c1-9(17)13(2,3)15-12(18)10-8-16-7-5-4-6-11(16)14-10/h4-9,17H,1-3H3,(H,15,18). The molecule has 0 saturated heterocycles. The average Bonchev–Trinajstić information content (AvgIpc) is 2.71. The van der Waals surface area contributed by atoms with Crippen LogP contribution < -0.4 is 5.32 Å². The first-order chi connectivity index (χ1) is 8.40. The molecule has 0 spiro atoms. The molecule has 2 heterocycles. The number of hydrogen-bond donors (Lipinski definition) is 2. The molecule has 2 N–H and O–H groups in total. The minimum absolute atomic E-state index is 0.287. The van der Waals surface area contributed by atoms with Gasteiger partial charge in [-0.05, 0) is 32.9 Å². The molecule has 0 bridgehead atoms. The topological polar surface area (TPSA) is 66.6 Å². The van der Waals surface area contributed by atoms with E-state index in [0.29, 0.717) is 5.69 Å². The van der Waals surface area contributed by atoms with Crippen LogP contribution >= 0.6 is 0 Å². The molecular formula is C13H17N3O2. The summed E-state index contributed by atoms with van der Waals surface area (Å²) in [6, 6.07) is 5.57. The summed E-state index contributed by atoms with van der Waals surface area (Å²) >= 11 is 0. The second kappa shape index (κ2) is 4.42. The van der Waals surface area contributed by atoms with Crippen molar-refractivity contribution in [2.24, 2.45) is 0 Å². The van der Waals surface area contributed by atoms with Crippen molar-refractivity contribution < 1.29 is 9.90 Å². The summed E-state index contributed by atoms with van der Waals surface area (Å²) in [4.78, 5) is 16.3. The predicted octanol–water partition coefficient (Wildman–Crippen LogP) is 1.22. The van der Waals surface area contributed by atoms with Gasteiger partial charge in [-0.15, -0.1) is 0 Å². The third kappa shape index (κ3) is 2.36. The molecule has 5 heteroatoms. The van der Waals surface area contributed by atoms with Crippen molar-refractivity contribution in [3.63, 3.8) is 0 Å². The van der Waals surface area contributed by atoms with Crippen LogP contribution in [0, 0.1) is 0 Å². The lowest BCUT2D eigenvalue weighted by atomic mass is 9.99. The van der Waals surface area contributed by atoms with Gasteiger partial charge in [0.05, 0.1) is 11.6 Å². The van der Waals surface area contributed by atoms with E-state index in [1.807, 2.05) is 24.4 Å². The van der Waals surface area contributed by atoms with Gasteiger partial charge in [0.2, 0.25) is 0 Å². The van der Waals surface area contributed by atoms with Gasteiger partial charge in [0, 0.05) is 12.4 Å². The van der Waals surface area contributed by atoms with E-state index in [0.717, 1.165) is 5.65 Å². The number of carbonyl (C=O) groups excluding carboxylic acids is 1. The molecule has 1 amide bonds. The van der Waals surface area contributed by atoms with Crippen molar-refractivity contribution in [1.29, 1.82) is 0 Å². The number of carbonyl (C=O) groups is 1. The minimum atomic E-state index is -0.688. The van der Waals surface area contributed by atoms with Gasteiger partial charge >= 0.3 is 0 Å². The summed E-state index contributed by atoms with van der Waals surface area (Å²) < 4.78 is 1.78. The molecule has 1 atom stereocenters. The van der Waals surface area contributed by atoms with Crippen LogP contribution in [0.2, 0.25) is 0 Å². The van der Waals surface area contributed by atoms with Crippen LogP contribution in [0.15, 0.2) is 30.6 Å². The second-order valence-corrected chi connectivity index (χ2v) is 4.94. The molecule has 96 valence electrons. The van der Waals surface area contributed by atoms with Crippen LogP contribution in [-0.4, -0.2) is 32.0 Å². The molecule has 0 saturated carbocycles. The summed E-state index contributed by atoms with van der Waals surface area (Å²) in [6.45, 7) is 5.18. The quantitative estimate of drug-likeness (QED) is 0.857. The number of imidazole rings is 1. The highest BCUT2D eigenvalue weighted by Crippen LogP contribution is 2.11. The Morgan fingerprint density at radius 1 is 1.50 bits per heavy atom. The lowest BCUT2D eigenvalue weighted by Gasteiger charge is -2.28. The van der Waals surface area contributed by atoms with Crippen molar-refractivity contribution in [1.82, 2.24) is 14.7 Å². The summed E-state index contributed by atoms with van der Waals surface area (Å²) in [5.74, 6) is -0.287. The molecule has 5 nitrogen and oxygen atoms in total. The van der Waals surface area contributed by atoms with Crippen molar-refractivity contribution in [2.45, 2.75) is 32.4 Å². The Morgan fingerprint density at radius 3 is 2.83 bits per heavy atom. The number of aliphatic hydroxyl groups is 1. The summed E-state index contributed by atoms with van der Waals surface area (Å²) in [5.41, 5.74) is 0.375. The molecule has 2 rings (SSSR count). The maximum Gasteiger partial charge on any atom is 0.272 e. The molecule has 0 aromatic carbocycles. The molecular weight excluding hydrogens is 230 g/mol. The minimum Gasteiger partial charge on any atom is -0.391 e. The predicted molar refractivity (Wildman–Crippen MR) is 68.4 cm³/mol. The van der Waals surface area contributed by atoms with E-state index in [4.69, 9.17) is 0 Å². The largest absolute Gasteiger partial charge is 0.391 e. The first kappa shape index (κ1) is 12.6. The Bertz CT molecular complexity index is 539. The SMILES string of the molecule is CC(O)C(C)(C)NC(=O)c1cn2ccccc2n1. The fourth-order valence-electron chi connectivity index (χ4n) is 1.51. The van der Waals surface area contributed by atoms with E-state index in [1.165, 1.54) is 0 Å². The van der Waals surface area contributed by atoms with Gasteiger partial charge in [-0.25, -0.2) is 4.98 Å². The Labute approximate surface area is 105 Å². The molecule has 0 radical (unpaired) electrons. The number of nitrogens with zero attached hydrogens (tertiary/aromatic N) is 2. The summed E-state index contributed by atoms with van der Waals surface area (Å²) in [7, 11) is 0. The summed E-state index contributed by atoms with van der Waals surface area (Å²) in [5, 5.41) is 12.3. The number of nitrogens with one attached hydrogen (secondary N) is 1. The van der Waals surface area contributed by atoms with Crippen LogP contribution in [0.25, 0.3) is 5.65 Å². The van der Waals surface area contributed by atoms with E-state index >= 15 is 0 Å². The van der Waals surface area contributed by atoms with Gasteiger partial charge in [0.1, 0.15) is 11.3 Å². The van der Waals surface area contributed by atoms with Crippen LogP contribution in [0.1, 0.15) is 31.3 Å². The Kier molecular flexibility index (Phi) is 3.09. The fraction of sp³-hybridized carbons (Fsp3) is 0.385. The smallest absolute Gasteiger partial charge is 0.272 e. The van der Waals surface area contributed by atoms with E-state index in [-0.39, 0.29) is 5.91 Å². The van der Waals surface area contributed by atoms with E-state index in [9.17, 15) is 9.90 Å². The highest BCUT2D eigenvalue weighted by Gasteiger charge is 2.27. The molecule has 2 aromatic heterocycles. The highest BCUT2D eigenvalue weighted by molar-refractivity contribution is 5.93. The fourth-order valence-corrected chi connectivity index (χ4v) is 1.51. The number of rotatable bonds is 3. The molecule has 18 heavy (non-hydrogen) atoms. The maximum absolute atomic E-state index is 12.0. The molecule has 1 unspecified atom stereocenters. The maximum atomic E-state index is 12.0. The zero-order valence-electron chi connectivity index (χ0n) is 10.7. The number of fused-ring (bicyclic) bond motifs is 1. The molecule has 2 aromatic rings. The van der Waals surface area contributed by atoms with Crippen LogP contribution in [-0.2, 0) is 0 Å². The van der Waals surface area contributed by atoms with Crippen molar-refractivity contribution in [3.05, 3.63) is 36.3 Å². The Balaban J connectivity index is 2.24. The van der Waals surface area contributed by atoms with Gasteiger partial charge in [-0.3, -0.25) is 4.79 Å². The van der Waals surface area contributed by atoms with Gasteiger partial charge in [0.25, 0.3) is 5.91 Å². The average molecular weight is 247 g/mol. The molecule has 0 aliphatic heterocycles. The number of amides is 1. The number of aromatic nitrogens is 2. The van der Waals surface area contributed by atoms with Gasteiger partial charge in [-0.1, -0.05) is 6.07 Å². The number of aliphatic hydroxyl groups excluding tert-OH is 1. The zero-order chi connectivity index (χ0) is 13.3. The van der Waals surface area contributed by atoms with Crippen LogP contribution in [0.4, 0.5) is 0 Å². The van der Waals surface area contributed by atoms with Crippen LogP contribution in [0.5, 0.6) is 0 Å². The molecule has 0 aliphatic rings. The Hall–Kier alpha value is -1.88. The number of hydrogen-bond acceptors (Lipinski definition) is 3. The van der Waals surface area contributed by atoms with E-state index in [1.54, 1.807) is 31.4 Å². The lowest BCUT2D eigenvalue weighted by molar-refractivity contribution is 0.0706. The van der Waals surface area contributed by atoms with E-state index < -0.39 is 11.6 Å². The van der Waals surface area contributed by atoms with E-state index in [2.05, 4.69) is 10.3 Å². The van der Waals surface area contributed by atoms with Gasteiger partial charge in [-0.2, -0.15) is 0 Å². The van der Waals surface area contributed by atoms with Gasteiger partial charge in [0.15, 0.2) is 0 Å². The van der Waals surface area contributed by atoms with Crippen molar-refractivity contribution in [2.75, 3.05) is 0 Å². The molecule has 0 aliphatic carbocycles. The zero-order valence-corrected chi connectivity index (χ0v) is 10.7. The Morgan fingerprint density at radius 2 is 2.22 bits per heavy atom. The normalized spacial score (nSPS) is 13.6. The first-order valence-electron chi connectivity index (χ1n) is 5.84. The number of pyridine rings is 1. The monoisotopic (exact) mass is 247 g/mol. The van der Waals surface area contributed by atoms with Gasteiger partial charge < -0.3 is 14.8 Å². The first-order valence-corrected chi connectivity index (χ1v) is 5.84. The lowest BCUT2D eigenvalue weighted by Crippen LogP contribution is -2.51. The van der Waals surface area contributed by atoms with Crippen molar-refractivity contribution >= 4 is 11.6 Å². The highest BCUT2D eigenvalue weighted by atomic mass is 16.3. The van der Waals surface area contributed by atoms with Crippen LogP contribution in [0.3, 0.4) is 0 Å². The summed E-state index contributed by atoms with van der Waals surface area (Å²) in [6.07, 6.45) is 2.86. The second-order valence-electron chi connectivity index (χ2n) is 4.94. The molecule has 0 fully saturated rings. The third-order valence-electron chi connectivity index (χ3n) is 3.08. The van der Waals surface area contributed by atoms with Crippen molar-refractivity contribution in [3.8, 4) is 0 Å².